The van der Waals surface area contributed by atoms with Gasteiger partial charge >= 0.3 is 0 Å². The molecule has 0 radical (unpaired) electrons. The molecule has 0 saturated carbocycles. The predicted octanol–water partition coefficient (Wildman–Crippen LogP) is 2.90. The number of ether oxygens (including phenoxy) is 1. The van der Waals surface area contributed by atoms with Crippen LogP contribution in [0.15, 0.2) is 28.7 Å². The normalized spacial score (nSPS) is 16.1. The van der Waals surface area contributed by atoms with Crippen LogP contribution in [0.4, 0.5) is 0 Å². The molecule has 128 valence electrons. The van der Waals surface area contributed by atoms with Gasteiger partial charge in [-0.1, -0.05) is 19.9 Å². The number of benzene rings is 1. The van der Waals surface area contributed by atoms with Crippen LogP contribution < -0.4 is 15.8 Å². The Morgan fingerprint density at radius 2 is 2.17 bits per heavy atom. The van der Waals surface area contributed by atoms with Crippen molar-refractivity contribution in [1.82, 2.24) is 5.32 Å². The number of furan rings is 1. The Balaban J connectivity index is 1.87. The maximum Gasteiger partial charge on any atom is 0.287 e. The fraction of sp³-hybridized carbons (Fsp3) is 0.421. The Bertz CT molecular complexity index is 749. The molecule has 5 nitrogen and oxygen atoms in total. The number of fused-ring (bicyclic) bond motifs is 1. The fourth-order valence-corrected chi connectivity index (χ4v) is 2.90. The van der Waals surface area contributed by atoms with E-state index in [2.05, 4.69) is 25.2 Å². The summed E-state index contributed by atoms with van der Waals surface area (Å²) in [5.74, 6) is 1.97. The SMILES string of the molecule is Cc1cc2c(c(-c3ccc(C(=O)NCC(C)C)o3)c1)OC(CN)C2. The standard InChI is InChI=1S/C19H24N2O3/c1-11(2)10-21-19(22)17-5-4-16(24-17)15-7-12(3)6-13-8-14(9-20)23-18(13)15/h4-7,11,14H,8-10,20H2,1-3H3,(H,21,22). The number of hydrogen-bond acceptors (Lipinski definition) is 4. The van der Waals surface area contributed by atoms with Crippen molar-refractivity contribution in [2.75, 3.05) is 13.1 Å². The largest absolute Gasteiger partial charge is 0.488 e. The lowest BCUT2D eigenvalue weighted by atomic mass is 10.0. The monoisotopic (exact) mass is 328 g/mol. The second-order valence-corrected chi connectivity index (χ2v) is 6.75. The van der Waals surface area contributed by atoms with Crippen molar-refractivity contribution < 1.29 is 13.9 Å². The Labute approximate surface area is 142 Å². The van der Waals surface area contributed by atoms with Crippen LogP contribution in [0.1, 0.15) is 35.5 Å². The van der Waals surface area contributed by atoms with Crippen LogP contribution in [0.2, 0.25) is 0 Å². The molecule has 1 amide bonds. The van der Waals surface area contributed by atoms with Gasteiger partial charge in [-0.3, -0.25) is 4.79 Å². The first kappa shape index (κ1) is 16.6. The highest BCUT2D eigenvalue weighted by molar-refractivity contribution is 5.92. The molecule has 5 heteroatoms. The Hall–Kier alpha value is -2.27. The minimum atomic E-state index is -0.194. The van der Waals surface area contributed by atoms with Gasteiger partial charge in [0.1, 0.15) is 17.6 Å². The van der Waals surface area contributed by atoms with E-state index in [0.717, 1.165) is 28.9 Å². The lowest BCUT2D eigenvalue weighted by Gasteiger charge is -2.10. The molecule has 2 heterocycles. The fourth-order valence-electron chi connectivity index (χ4n) is 2.90. The van der Waals surface area contributed by atoms with Crippen LogP contribution in [0.3, 0.4) is 0 Å². The van der Waals surface area contributed by atoms with Gasteiger partial charge in [-0.15, -0.1) is 0 Å². The lowest BCUT2D eigenvalue weighted by molar-refractivity contribution is 0.0922. The molecule has 0 saturated heterocycles. The Kier molecular flexibility index (Phi) is 4.62. The van der Waals surface area contributed by atoms with Crippen LogP contribution in [0, 0.1) is 12.8 Å². The summed E-state index contributed by atoms with van der Waals surface area (Å²) in [5.41, 5.74) is 8.89. The Morgan fingerprint density at radius 3 is 2.88 bits per heavy atom. The third-order valence-corrected chi connectivity index (χ3v) is 4.07. The first-order valence-electron chi connectivity index (χ1n) is 8.36. The van der Waals surface area contributed by atoms with Gasteiger partial charge in [0.05, 0.1) is 5.56 Å². The van der Waals surface area contributed by atoms with Crippen molar-refractivity contribution in [3.8, 4) is 17.1 Å². The van der Waals surface area contributed by atoms with Crippen molar-refractivity contribution >= 4 is 5.91 Å². The second-order valence-electron chi connectivity index (χ2n) is 6.75. The Morgan fingerprint density at radius 1 is 1.38 bits per heavy atom. The van der Waals surface area contributed by atoms with E-state index in [1.54, 1.807) is 6.07 Å². The quantitative estimate of drug-likeness (QED) is 0.885. The second kappa shape index (κ2) is 6.69. The molecule has 0 spiro atoms. The van der Waals surface area contributed by atoms with Gasteiger partial charge in [-0.05, 0) is 42.2 Å². The van der Waals surface area contributed by atoms with Crippen LogP contribution in [-0.4, -0.2) is 25.1 Å². The molecule has 2 aromatic rings. The molecule has 1 aromatic carbocycles. The van der Waals surface area contributed by atoms with E-state index < -0.39 is 0 Å². The molecular weight excluding hydrogens is 304 g/mol. The molecule has 3 rings (SSSR count). The van der Waals surface area contributed by atoms with Crippen LogP contribution in [0.5, 0.6) is 5.75 Å². The number of nitrogens with two attached hydrogens (primary N) is 1. The smallest absolute Gasteiger partial charge is 0.287 e. The van der Waals surface area contributed by atoms with Gasteiger partial charge in [0.2, 0.25) is 0 Å². The third kappa shape index (κ3) is 3.31. The van der Waals surface area contributed by atoms with Gasteiger partial charge in [0.25, 0.3) is 5.91 Å². The minimum Gasteiger partial charge on any atom is -0.488 e. The number of amides is 1. The summed E-state index contributed by atoms with van der Waals surface area (Å²) in [7, 11) is 0. The van der Waals surface area contributed by atoms with Crippen LogP contribution in [0.25, 0.3) is 11.3 Å². The molecule has 0 bridgehead atoms. The maximum atomic E-state index is 12.1. The number of aryl methyl sites for hydroxylation is 1. The topological polar surface area (TPSA) is 77.5 Å². The molecule has 3 N–H and O–H groups in total. The number of carbonyl (C=O) groups is 1. The van der Waals surface area contributed by atoms with E-state index in [-0.39, 0.29) is 12.0 Å². The van der Waals surface area contributed by atoms with Crippen LogP contribution >= 0.6 is 0 Å². The number of hydrogen-bond donors (Lipinski definition) is 2. The maximum absolute atomic E-state index is 12.1. The number of nitrogens with one attached hydrogen (secondary N) is 1. The van der Waals surface area contributed by atoms with Crippen molar-refractivity contribution in [3.63, 3.8) is 0 Å². The summed E-state index contributed by atoms with van der Waals surface area (Å²) < 4.78 is 11.7. The minimum absolute atomic E-state index is 0.00400. The molecule has 1 aromatic heterocycles. The molecule has 24 heavy (non-hydrogen) atoms. The van der Waals surface area contributed by atoms with Crippen LogP contribution in [-0.2, 0) is 6.42 Å². The average Bonchev–Trinajstić information content (AvgIpc) is 3.18. The van der Waals surface area contributed by atoms with Crippen molar-refractivity contribution in [2.45, 2.75) is 33.3 Å². The molecule has 0 fully saturated rings. The van der Waals surface area contributed by atoms with E-state index in [9.17, 15) is 4.79 Å². The van der Waals surface area contributed by atoms with E-state index in [1.165, 1.54) is 0 Å². The molecular formula is C19H24N2O3. The first-order valence-corrected chi connectivity index (χ1v) is 8.36. The number of rotatable bonds is 5. The summed E-state index contributed by atoms with van der Waals surface area (Å²) >= 11 is 0. The third-order valence-electron chi connectivity index (χ3n) is 4.07. The summed E-state index contributed by atoms with van der Waals surface area (Å²) in [4.78, 5) is 12.1. The highest BCUT2D eigenvalue weighted by Crippen LogP contribution is 2.40. The highest BCUT2D eigenvalue weighted by Gasteiger charge is 2.26. The molecule has 1 aliphatic heterocycles. The molecule has 1 aliphatic rings. The van der Waals surface area contributed by atoms with E-state index in [4.69, 9.17) is 14.9 Å². The van der Waals surface area contributed by atoms with Gasteiger partial charge in [0.15, 0.2) is 5.76 Å². The molecule has 0 aliphatic carbocycles. The van der Waals surface area contributed by atoms with Gasteiger partial charge < -0.3 is 20.2 Å². The van der Waals surface area contributed by atoms with Gasteiger partial charge in [0, 0.05) is 19.5 Å². The summed E-state index contributed by atoms with van der Waals surface area (Å²) in [6.07, 6.45) is 0.812. The zero-order valence-electron chi connectivity index (χ0n) is 14.4. The molecule has 1 unspecified atom stereocenters. The highest BCUT2D eigenvalue weighted by atomic mass is 16.5. The van der Waals surface area contributed by atoms with Gasteiger partial charge in [-0.25, -0.2) is 0 Å². The zero-order chi connectivity index (χ0) is 17.3. The van der Waals surface area contributed by atoms with E-state index >= 15 is 0 Å². The summed E-state index contributed by atoms with van der Waals surface area (Å²) in [6.45, 7) is 7.24. The summed E-state index contributed by atoms with van der Waals surface area (Å²) in [5, 5.41) is 2.86. The van der Waals surface area contributed by atoms with Gasteiger partial charge in [-0.2, -0.15) is 0 Å². The predicted molar refractivity (Wildman–Crippen MR) is 93.2 cm³/mol. The van der Waals surface area contributed by atoms with E-state index in [0.29, 0.717) is 30.5 Å². The average molecular weight is 328 g/mol. The summed E-state index contributed by atoms with van der Waals surface area (Å²) in [6, 6.07) is 7.66. The van der Waals surface area contributed by atoms with E-state index in [1.807, 2.05) is 19.1 Å². The zero-order valence-corrected chi connectivity index (χ0v) is 14.4. The lowest BCUT2D eigenvalue weighted by Crippen LogP contribution is -2.26. The van der Waals surface area contributed by atoms with Crippen molar-refractivity contribution in [3.05, 3.63) is 41.2 Å². The first-order chi connectivity index (χ1) is 11.5. The molecule has 1 atom stereocenters. The number of carbonyl (C=O) groups excluding carboxylic acids is 1. The van der Waals surface area contributed by atoms with Crippen molar-refractivity contribution in [2.24, 2.45) is 11.7 Å². The van der Waals surface area contributed by atoms with Crippen molar-refractivity contribution in [1.29, 1.82) is 0 Å².